The van der Waals surface area contributed by atoms with Gasteiger partial charge < -0.3 is 10.1 Å². The van der Waals surface area contributed by atoms with Crippen LogP contribution in [-0.2, 0) is 17.8 Å². The molecule has 1 fully saturated rings. The highest BCUT2D eigenvalue weighted by molar-refractivity contribution is 5.40. The van der Waals surface area contributed by atoms with Crippen LogP contribution >= 0.6 is 0 Å². The van der Waals surface area contributed by atoms with Crippen molar-refractivity contribution >= 4 is 5.82 Å². The van der Waals surface area contributed by atoms with Gasteiger partial charge in [0.15, 0.2) is 0 Å². The van der Waals surface area contributed by atoms with Gasteiger partial charge in [0.2, 0.25) is 0 Å². The van der Waals surface area contributed by atoms with Crippen molar-refractivity contribution in [1.82, 2.24) is 9.88 Å². The zero-order valence-corrected chi connectivity index (χ0v) is 13.0. The summed E-state index contributed by atoms with van der Waals surface area (Å²) in [4.78, 5) is 6.67. The van der Waals surface area contributed by atoms with E-state index in [-0.39, 0.29) is 0 Å². The molecule has 0 saturated carbocycles. The number of rotatable bonds is 5. The van der Waals surface area contributed by atoms with Gasteiger partial charge in [-0.3, -0.25) is 4.90 Å². The quantitative estimate of drug-likeness (QED) is 0.919. The Balaban J connectivity index is 1.63. The zero-order valence-electron chi connectivity index (χ0n) is 13.0. The highest BCUT2D eigenvalue weighted by Gasteiger charge is 2.12. The lowest BCUT2D eigenvalue weighted by Crippen LogP contribution is -2.35. The van der Waals surface area contributed by atoms with Crippen molar-refractivity contribution < 1.29 is 4.74 Å². The lowest BCUT2D eigenvalue weighted by atomic mass is 10.1. The molecule has 118 valence electrons. The van der Waals surface area contributed by atoms with Crippen LogP contribution < -0.4 is 5.32 Å². The molecule has 2 heterocycles. The van der Waals surface area contributed by atoms with E-state index in [0.29, 0.717) is 5.56 Å². The van der Waals surface area contributed by atoms with Crippen molar-refractivity contribution in [3.63, 3.8) is 0 Å². The normalized spacial score (nSPS) is 15.1. The van der Waals surface area contributed by atoms with Crippen molar-refractivity contribution in [2.75, 3.05) is 31.6 Å². The number of morpholine rings is 1. The summed E-state index contributed by atoms with van der Waals surface area (Å²) in [6.07, 6.45) is 1.59. The first-order valence-corrected chi connectivity index (χ1v) is 7.82. The van der Waals surface area contributed by atoms with E-state index in [1.807, 2.05) is 6.07 Å². The average molecular weight is 308 g/mol. The van der Waals surface area contributed by atoms with Crippen molar-refractivity contribution in [2.45, 2.75) is 13.1 Å². The van der Waals surface area contributed by atoms with Crippen LogP contribution in [-0.4, -0.2) is 36.2 Å². The Morgan fingerprint density at radius 1 is 1.13 bits per heavy atom. The predicted molar refractivity (Wildman–Crippen MR) is 88.8 cm³/mol. The van der Waals surface area contributed by atoms with Gasteiger partial charge >= 0.3 is 0 Å². The maximum absolute atomic E-state index is 8.80. The van der Waals surface area contributed by atoms with Crippen LogP contribution in [0.1, 0.15) is 16.7 Å². The highest BCUT2D eigenvalue weighted by atomic mass is 16.5. The maximum Gasteiger partial charge on any atom is 0.126 e. The minimum atomic E-state index is 0.572. The number of hydrogen-bond donors (Lipinski definition) is 1. The summed E-state index contributed by atoms with van der Waals surface area (Å²) in [7, 11) is 0. The number of anilines is 1. The number of benzene rings is 1. The average Bonchev–Trinajstić information content (AvgIpc) is 2.62. The Kier molecular flexibility index (Phi) is 5.20. The molecule has 5 heteroatoms. The van der Waals surface area contributed by atoms with E-state index in [9.17, 15) is 0 Å². The smallest absolute Gasteiger partial charge is 0.126 e. The van der Waals surface area contributed by atoms with Gasteiger partial charge in [0.25, 0.3) is 0 Å². The van der Waals surface area contributed by atoms with E-state index in [1.54, 1.807) is 12.3 Å². The number of pyridine rings is 1. The van der Waals surface area contributed by atoms with E-state index in [0.717, 1.165) is 45.2 Å². The molecule has 0 atom stereocenters. The predicted octanol–water partition coefficient (Wildman–Crippen LogP) is 2.40. The molecule has 0 amide bonds. The number of nitriles is 1. The maximum atomic E-state index is 8.80. The zero-order chi connectivity index (χ0) is 15.9. The summed E-state index contributed by atoms with van der Waals surface area (Å²) < 4.78 is 5.41. The van der Waals surface area contributed by atoms with Crippen LogP contribution in [0.5, 0.6) is 0 Å². The third-order valence-corrected chi connectivity index (χ3v) is 3.97. The monoisotopic (exact) mass is 308 g/mol. The van der Waals surface area contributed by atoms with E-state index in [4.69, 9.17) is 10.00 Å². The first kappa shape index (κ1) is 15.5. The molecule has 0 unspecified atom stereocenters. The Hall–Kier alpha value is -2.42. The Morgan fingerprint density at radius 3 is 2.61 bits per heavy atom. The van der Waals surface area contributed by atoms with Crippen LogP contribution in [0, 0.1) is 11.3 Å². The van der Waals surface area contributed by atoms with Crippen LogP contribution in [0.15, 0.2) is 42.6 Å². The minimum absolute atomic E-state index is 0.572. The molecule has 3 rings (SSSR count). The van der Waals surface area contributed by atoms with Gasteiger partial charge in [-0.25, -0.2) is 4.98 Å². The van der Waals surface area contributed by atoms with Crippen LogP contribution in [0.2, 0.25) is 0 Å². The van der Waals surface area contributed by atoms with E-state index >= 15 is 0 Å². The Bertz CT molecular complexity index is 672. The van der Waals surface area contributed by atoms with Gasteiger partial charge in [-0.05, 0) is 23.3 Å². The summed E-state index contributed by atoms with van der Waals surface area (Å²) in [5.74, 6) is 0.783. The lowest BCUT2D eigenvalue weighted by molar-refractivity contribution is 0.0341. The third kappa shape index (κ3) is 4.28. The fraction of sp³-hybridized carbons (Fsp3) is 0.333. The molecule has 0 aliphatic carbocycles. The molecule has 1 aliphatic rings. The van der Waals surface area contributed by atoms with E-state index in [1.165, 1.54) is 11.1 Å². The summed E-state index contributed by atoms with van der Waals surface area (Å²) in [6, 6.07) is 14.2. The highest BCUT2D eigenvalue weighted by Crippen LogP contribution is 2.15. The molecule has 0 bridgehead atoms. The summed E-state index contributed by atoms with van der Waals surface area (Å²) >= 11 is 0. The van der Waals surface area contributed by atoms with Gasteiger partial charge in [0.05, 0.1) is 18.8 Å². The van der Waals surface area contributed by atoms with Crippen LogP contribution in [0.4, 0.5) is 5.82 Å². The SMILES string of the molecule is N#Cc1ccc(NCc2ccccc2CN2CCOCC2)nc1. The largest absolute Gasteiger partial charge is 0.379 e. The van der Waals surface area contributed by atoms with Crippen molar-refractivity contribution in [1.29, 1.82) is 5.26 Å². The number of nitrogens with zero attached hydrogens (tertiary/aromatic N) is 3. The number of aromatic nitrogens is 1. The van der Waals surface area contributed by atoms with Crippen molar-refractivity contribution in [3.05, 3.63) is 59.3 Å². The summed E-state index contributed by atoms with van der Waals surface area (Å²) in [5, 5.41) is 12.1. The van der Waals surface area contributed by atoms with Crippen molar-refractivity contribution in [3.8, 4) is 6.07 Å². The molecule has 2 aromatic rings. The first-order chi connectivity index (χ1) is 11.3. The van der Waals surface area contributed by atoms with Gasteiger partial charge in [0.1, 0.15) is 11.9 Å². The van der Waals surface area contributed by atoms with Crippen LogP contribution in [0.3, 0.4) is 0 Å². The summed E-state index contributed by atoms with van der Waals surface area (Å²) in [5.41, 5.74) is 3.17. The topological polar surface area (TPSA) is 61.2 Å². The molecule has 5 nitrogen and oxygen atoms in total. The molecular weight excluding hydrogens is 288 g/mol. The summed E-state index contributed by atoms with van der Waals surface area (Å²) in [6.45, 7) is 5.27. The molecule has 1 saturated heterocycles. The van der Waals surface area contributed by atoms with Crippen LogP contribution in [0.25, 0.3) is 0 Å². The molecule has 1 N–H and O–H groups in total. The fourth-order valence-electron chi connectivity index (χ4n) is 2.63. The van der Waals surface area contributed by atoms with Gasteiger partial charge in [0, 0.05) is 32.4 Å². The van der Waals surface area contributed by atoms with Gasteiger partial charge in [-0.2, -0.15) is 5.26 Å². The third-order valence-electron chi connectivity index (χ3n) is 3.97. The molecule has 23 heavy (non-hydrogen) atoms. The second kappa shape index (κ2) is 7.73. The second-order valence-electron chi connectivity index (χ2n) is 5.55. The van der Waals surface area contributed by atoms with E-state index < -0.39 is 0 Å². The van der Waals surface area contributed by atoms with E-state index in [2.05, 4.69) is 45.5 Å². The second-order valence-corrected chi connectivity index (χ2v) is 5.55. The van der Waals surface area contributed by atoms with Gasteiger partial charge in [-0.1, -0.05) is 24.3 Å². The minimum Gasteiger partial charge on any atom is -0.379 e. The standard InChI is InChI=1S/C18H20N4O/c19-11-15-5-6-18(20-12-15)21-13-16-3-1-2-4-17(16)14-22-7-9-23-10-8-22/h1-6,12H,7-10,13-14H2,(H,20,21). The van der Waals surface area contributed by atoms with Crippen molar-refractivity contribution in [2.24, 2.45) is 0 Å². The molecule has 1 aromatic carbocycles. The fourth-order valence-corrected chi connectivity index (χ4v) is 2.63. The molecular formula is C18H20N4O. The number of hydrogen-bond acceptors (Lipinski definition) is 5. The number of nitrogens with one attached hydrogen (secondary N) is 1. The number of ether oxygens (including phenoxy) is 1. The lowest BCUT2D eigenvalue weighted by Gasteiger charge is -2.27. The molecule has 1 aromatic heterocycles. The molecule has 1 aliphatic heterocycles. The molecule has 0 spiro atoms. The first-order valence-electron chi connectivity index (χ1n) is 7.82. The van der Waals surface area contributed by atoms with Gasteiger partial charge in [-0.15, -0.1) is 0 Å². The molecule has 0 radical (unpaired) electrons. The Morgan fingerprint density at radius 2 is 1.91 bits per heavy atom. The Labute approximate surface area is 136 Å².